The average molecular weight is 359 g/mol. The van der Waals surface area contributed by atoms with Gasteiger partial charge in [0.2, 0.25) is 0 Å². The Morgan fingerprint density at radius 3 is 2.69 bits per heavy atom. The van der Waals surface area contributed by atoms with Gasteiger partial charge in [-0.05, 0) is 43.5 Å². The number of rotatable bonds is 6. The first-order valence-electron chi connectivity index (χ1n) is 8.20. The molecule has 0 aliphatic rings. The van der Waals surface area contributed by atoms with Gasteiger partial charge in [-0.2, -0.15) is 0 Å². The second-order valence-corrected chi connectivity index (χ2v) is 6.10. The molecule has 1 unspecified atom stereocenters. The van der Waals surface area contributed by atoms with Crippen molar-refractivity contribution >= 4 is 16.7 Å². The van der Waals surface area contributed by atoms with E-state index < -0.39 is 11.6 Å². The minimum absolute atomic E-state index is 0.0287. The smallest absolute Gasteiger partial charge is 0.161 e. The van der Waals surface area contributed by atoms with E-state index in [2.05, 4.69) is 15.3 Å². The predicted octanol–water partition coefficient (Wildman–Crippen LogP) is 4.06. The summed E-state index contributed by atoms with van der Waals surface area (Å²) in [6.45, 7) is 1.98. The molecule has 1 atom stereocenters. The first-order valence-corrected chi connectivity index (χ1v) is 8.20. The number of nitrogens with zero attached hydrogens (tertiary/aromatic N) is 2. The third kappa shape index (κ3) is 3.82. The van der Waals surface area contributed by atoms with Crippen LogP contribution in [-0.4, -0.2) is 28.2 Å². The molecule has 0 radical (unpaired) electrons. The number of ether oxygens (including phenoxy) is 1. The largest absolute Gasteiger partial charge is 0.504 e. The van der Waals surface area contributed by atoms with Crippen molar-refractivity contribution in [3.05, 3.63) is 53.9 Å². The van der Waals surface area contributed by atoms with Crippen molar-refractivity contribution in [1.29, 1.82) is 0 Å². The van der Waals surface area contributed by atoms with E-state index in [1.807, 2.05) is 13.0 Å². The zero-order valence-electron chi connectivity index (χ0n) is 14.5. The van der Waals surface area contributed by atoms with Crippen LogP contribution in [0, 0.1) is 11.6 Å². The van der Waals surface area contributed by atoms with Crippen molar-refractivity contribution in [3.63, 3.8) is 0 Å². The highest BCUT2D eigenvalue weighted by Gasteiger charge is 2.12. The number of anilines is 1. The molecule has 1 heterocycles. The SMILES string of the molecule is COc1cc(CCC(C)Nc2ncnc3cc(F)c(F)cc23)ccc1O. The molecule has 0 saturated carbocycles. The minimum atomic E-state index is -0.934. The Balaban J connectivity index is 1.71. The summed E-state index contributed by atoms with van der Waals surface area (Å²) in [6, 6.07) is 7.42. The minimum Gasteiger partial charge on any atom is -0.504 e. The van der Waals surface area contributed by atoms with Crippen LogP contribution in [0.15, 0.2) is 36.7 Å². The molecule has 3 rings (SSSR count). The number of aromatic nitrogens is 2. The van der Waals surface area contributed by atoms with Gasteiger partial charge in [-0.15, -0.1) is 0 Å². The van der Waals surface area contributed by atoms with Crippen LogP contribution in [0.5, 0.6) is 11.5 Å². The molecule has 2 aromatic carbocycles. The molecule has 5 nitrogen and oxygen atoms in total. The highest BCUT2D eigenvalue weighted by molar-refractivity contribution is 5.88. The summed E-state index contributed by atoms with van der Waals surface area (Å²) < 4.78 is 32.0. The van der Waals surface area contributed by atoms with Crippen molar-refractivity contribution in [2.75, 3.05) is 12.4 Å². The van der Waals surface area contributed by atoms with Gasteiger partial charge in [0.25, 0.3) is 0 Å². The fourth-order valence-electron chi connectivity index (χ4n) is 2.73. The Kier molecular flexibility index (Phi) is 5.16. The number of hydrogen-bond donors (Lipinski definition) is 2. The van der Waals surface area contributed by atoms with Crippen molar-refractivity contribution in [2.24, 2.45) is 0 Å². The lowest BCUT2D eigenvalue weighted by atomic mass is 10.1. The molecule has 0 bridgehead atoms. The van der Waals surface area contributed by atoms with Gasteiger partial charge < -0.3 is 15.2 Å². The van der Waals surface area contributed by atoms with Crippen molar-refractivity contribution in [1.82, 2.24) is 9.97 Å². The maximum Gasteiger partial charge on any atom is 0.161 e. The number of nitrogens with one attached hydrogen (secondary N) is 1. The van der Waals surface area contributed by atoms with Crippen LogP contribution in [0.3, 0.4) is 0 Å². The zero-order chi connectivity index (χ0) is 18.7. The van der Waals surface area contributed by atoms with E-state index in [0.29, 0.717) is 22.5 Å². The normalized spacial score (nSPS) is 12.2. The van der Waals surface area contributed by atoms with Crippen LogP contribution in [-0.2, 0) is 6.42 Å². The van der Waals surface area contributed by atoms with Crippen molar-refractivity contribution in [3.8, 4) is 11.5 Å². The van der Waals surface area contributed by atoms with Crippen LogP contribution in [0.2, 0.25) is 0 Å². The standard InChI is InChI=1S/C19H19F2N3O2/c1-11(3-4-12-5-6-17(25)18(7-12)26-2)24-19-13-8-14(20)15(21)9-16(13)22-10-23-19/h5-11,25H,3-4H2,1-2H3,(H,22,23,24). The number of methoxy groups -OCH3 is 1. The Morgan fingerprint density at radius 2 is 1.92 bits per heavy atom. The second-order valence-electron chi connectivity index (χ2n) is 6.10. The number of aromatic hydroxyl groups is 1. The number of phenols is 1. The number of halogens is 2. The quantitative estimate of drug-likeness (QED) is 0.695. The summed E-state index contributed by atoms with van der Waals surface area (Å²) >= 11 is 0. The van der Waals surface area contributed by atoms with E-state index in [4.69, 9.17) is 4.74 Å². The third-order valence-corrected chi connectivity index (χ3v) is 4.17. The van der Waals surface area contributed by atoms with Crippen LogP contribution in [0.4, 0.5) is 14.6 Å². The highest BCUT2D eigenvalue weighted by atomic mass is 19.2. The van der Waals surface area contributed by atoms with E-state index in [0.717, 1.165) is 30.5 Å². The molecular weight excluding hydrogens is 340 g/mol. The molecule has 136 valence electrons. The summed E-state index contributed by atoms with van der Waals surface area (Å²) in [5.74, 6) is -0.869. The summed E-state index contributed by atoms with van der Waals surface area (Å²) in [5.41, 5.74) is 1.37. The van der Waals surface area contributed by atoms with E-state index in [9.17, 15) is 13.9 Å². The summed E-state index contributed by atoms with van der Waals surface area (Å²) in [4.78, 5) is 8.12. The Hall–Kier alpha value is -2.96. The van der Waals surface area contributed by atoms with Gasteiger partial charge in [-0.25, -0.2) is 18.7 Å². The first-order chi connectivity index (χ1) is 12.5. The second kappa shape index (κ2) is 7.51. The lowest BCUT2D eigenvalue weighted by molar-refractivity contribution is 0.373. The molecule has 0 fully saturated rings. The number of phenolic OH excluding ortho intramolecular Hbond substituents is 1. The van der Waals surface area contributed by atoms with Gasteiger partial charge in [0, 0.05) is 17.5 Å². The fraction of sp³-hybridized carbons (Fsp3) is 0.263. The molecule has 0 spiro atoms. The van der Waals surface area contributed by atoms with Crippen molar-refractivity contribution < 1.29 is 18.6 Å². The van der Waals surface area contributed by atoms with Crippen LogP contribution in [0.25, 0.3) is 10.9 Å². The Bertz CT molecular complexity index is 934. The van der Waals surface area contributed by atoms with E-state index >= 15 is 0 Å². The summed E-state index contributed by atoms with van der Waals surface area (Å²) in [6.07, 6.45) is 2.83. The summed E-state index contributed by atoms with van der Waals surface area (Å²) in [5, 5.41) is 13.3. The molecule has 1 aromatic heterocycles. The van der Waals surface area contributed by atoms with E-state index in [-0.39, 0.29) is 11.8 Å². The Labute approximate surface area is 149 Å². The molecule has 0 saturated heterocycles. The lowest BCUT2D eigenvalue weighted by Gasteiger charge is -2.16. The zero-order valence-corrected chi connectivity index (χ0v) is 14.5. The van der Waals surface area contributed by atoms with E-state index in [1.54, 1.807) is 12.1 Å². The monoisotopic (exact) mass is 359 g/mol. The maximum absolute atomic E-state index is 13.5. The number of benzene rings is 2. The van der Waals surface area contributed by atoms with Gasteiger partial charge in [-0.1, -0.05) is 6.07 Å². The molecular formula is C19H19F2N3O2. The first kappa shape index (κ1) is 17.8. The van der Waals surface area contributed by atoms with Crippen LogP contribution in [0.1, 0.15) is 18.9 Å². The molecule has 0 amide bonds. The van der Waals surface area contributed by atoms with Crippen LogP contribution < -0.4 is 10.1 Å². The molecule has 2 N–H and O–H groups in total. The third-order valence-electron chi connectivity index (χ3n) is 4.17. The molecule has 0 aliphatic heterocycles. The van der Waals surface area contributed by atoms with Gasteiger partial charge in [-0.3, -0.25) is 0 Å². The fourth-order valence-corrected chi connectivity index (χ4v) is 2.73. The van der Waals surface area contributed by atoms with Gasteiger partial charge in [0.15, 0.2) is 23.1 Å². The molecule has 3 aromatic rings. The molecule has 7 heteroatoms. The number of aryl methyl sites for hydroxylation is 1. The van der Waals surface area contributed by atoms with E-state index in [1.165, 1.54) is 13.4 Å². The van der Waals surface area contributed by atoms with Crippen molar-refractivity contribution in [2.45, 2.75) is 25.8 Å². The molecule has 26 heavy (non-hydrogen) atoms. The highest BCUT2D eigenvalue weighted by Crippen LogP contribution is 2.27. The predicted molar refractivity (Wildman–Crippen MR) is 95.5 cm³/mol. The summed E-state index contributed by atoms with van der Waals surface area (Å²) in [7, 11) is 1.51. The van der Waals surface area contributed by atoms with Gasteiger partial charge >= 0.3 is 0 Å². The number of hydrogen-bond acceptors (Lipinski definition) is 5. The average Bonchev–Trinajstić information content (AvgIpc) is 2.62. The number of fused-ring (bicyclic) bond motifs is 1. The topological polar surface area (TPSA) is 67.3 Å². The van der Waals surface area contributed by atoms with Gasteiger partial charge in [0.05, 0.1) is 12.6 Å². The van der Waals surface area contributed by atoms with Crippen LogP contribution >= 0.6 is 0 Å². The Morgan fingerprint density at radius 1 is 1.15 bits per heavy atom. The molecule has 0 aliphatic carbocycles. The lowest BCUT2D eigenvalue weighted by Crippen LogP contribution is -2.17. The maximum atomic E-state index is 13.5. The van der Waals surface area contributed by atoms with Gasteiger partial charge in [0.1, 0.15) is 12.1 Å².